The molecule has 0 rings (SSSR count). The van der Waals surface area contributed by atoms with Gasteiger partial charge in [-0.25, -0.2) is 0 Å². The van der Waals surface area contributed by atoms with E-state index in [0.29, 0.717) is 5.92 Å². The Balaban J connectivity index is 3.46. The molecule has 0 fully saturated rings. The van der Waals surface area contributed by atoms with Crippen molar-refractivity contribution in [2.24, 2.45) is 5.92 Å². The standard InChI is InChI=1S/C6H13ClO/c1-4(2)6(7)5(3)8/h4-6,8H,1-3H3. The summed E-state index contributed by atoms with van der Waals surface area (Å²) in [6, 6.07) is 0. The molecule has 0 aliphatic carbocycles. The maximum atomic E-state index is 8.86. The first kappa shape index (κ1) is 8.25. The smallest absolute Gasteiger partial charge is 0.0678 e. The van der Waals surface area contributed by atoms with E-state index in [1.807, 2.05) is 13.8 Å². The largest absolute Gasteiger partial charge is 0.392 e. The Morgan fingerprint density at radius 2 is 1.62 bits per heavy atom. The molecule has 0 aromatic carbocycles. The van der Waals surface area contributed by atoms with Crippen LogP contribution in [0.4, 0.5) is 0 Å². The predicted octanol–water partition coefficient (Wildman–Crippen LogP) is 1.63. The Morgan fingerprint density at radius 1 is 1.25 bits per heavy atom. The molecular weight excluding hydrogens is 124 g/mol. The summed E-state index contributed by atoms with van der Waals surface area (Å²) in [4.78, 5) is 0. The first-order valence-corrected chi connectivity index (χ1v) is 3.31. The van der Waals surface area contributed by atoms with Crippen molar-refractivity contribution in [2.45, 2.75) is 32.3 Å². The zero-order valence-corrected chi connectivity index (χ0v) is 6.31. The minimum Gasteiger partial charge on any atom is -0.392 e. The lowest BCUT2D eigenvalue weighted by Crippen LogP contribution is -2.21. The van der Waals surface area contributed by atoms with Gasteiger partial charge < -0.3 is 5.11 Å². The Bertz CT molecular complexity index is 53.5. The van der Waals surface area contributed by atoms with Crippen molar-refractivity contribution in [3.05, 3.63) is 0 Å². The number of hydrogen-bond acceptors (Lipinski definition) is 1. The van der Waals surface area contributed by atoms with Gasteiger partial charge in [0.25, 0.3) is 0 Å². The third-order valence-corrected chi connectivity index (χ3v) is 1.97. The molecule has 50 valence electrons. The van der Waals surface area contributed by atoms with E-state index in [4.69, 9.17) is 16.7 Å². The van der Waals surface area contributed by atoms with E-state index in [9.17, 15) is 0 Å². The minimum atomic E-state index is -0.392. The number of alkyl halides is 1. The summed E-state index contributed by atoms with van der Waals surface area (Å²) in [5.41, 5.74) is 0. The van der Waals surface area contributed by atoms with Crippen LogP contribution in [0.1, 0.15) is 20.8 Å². The Kier molecular flexibility index (Phi) is 3.41. The first-order valence-electron chi connectivity index (χ1n) is 2.88. The number of aliphatic hydroxyl groups is 1. The van der Waals surface area contributed by atoms with E-state index in [1.54, 1.807) is 6.92 Å². The highest BCUT2D eigenvalue weighted by Crippen LogP contribution is 2.12. The maximum Gasteiger partial charge on any atom is 0.0678 e. The second-order valence-electron chi connectivity index (χ2n) is 2.43. The van der Waals surface area contributed by atoms with Crippen LogP contribution in [0.3, 0.4) is 0 Å². The van der Waals surface area contributed by atoms with Gasteiger partial charge in [-0.15, -0.1) is 11.6 Å². The average molecular weight is 137 g/mol. The highest BCUT2D eigenvalue weighted by Gasteiger charge is 2.14. The summed E-state index contributed by atoms with van der Waals surface area (Å²) < 4.78 is 0. The summed E-state index contributed by atoms with van der Waals surface area (Å²) in [6.07, 6.45) is -0.392. The predicted molar refractivity (Wildman–Crippen MR) is 36.2 cm³/mol. The number of halogens is 1. The zero-order valence-electron chi connectivity index (χ0n) is 5.56. The average Bonchev–Trinajstić information content (AvgIpc) is 1.64. The lowest BCUT2D eigenvalue weighted by atomic mass is 10.1. The van der Waals surface area contributed by atoms with Crippen LogP contribution in [0.15, 0.2) is 0 Å². The maximum absolute atomic E-state index is 8.86. The summed E-state index contributed by atoms with van der Waals surface area (Å²) >= 11 is 5.70. The molecule has 0 heterocycles. The van der Waals surface area contributed by atoms with Crippen molar-refractivity contribution >= 4 is 11.6 Å². The monoisotopic (exact) mass is 136 g/mol. The van der Waals surface area contributed by atoms with Crippen molar-refractivity contribution in [3.63, 3.8) is 0 Å². The molecule has 1 N–H and O–H groups in total. The molecule has 0 saturated heterocycles. The molecule has 0 aliphatic heterocycles. The van der Waals surface area contributed by atoms with Gasteiger partial charge in [0, 0.05) is 0 Å². The molecule has 0 aromatic rings. The van der Waals surface area contributed by atoms with Crippen LogP contribution in [0, 0.1) is 5.92 Å². The molecule has 0 amide bonds. The van der Waals surface area contributed by atoms with Crippen molar-refractivity contribution in [1.29, 1.82) is 0 Å². The van der Waals surface area contributed by atoms with Crippen LogP contribution in [0.25, 0.3) is 0 Å². The van der Waals surface area contributed by atoms with Gasteiger partial charge in [0.15, 0.2) is 0 Å². The van der Waals surface area contributed by atoms with E-state index in [0.717, 1.165) is 0 Å². The normalized spacial score (nSPS) is 18.8. The Hall–Kier alpha value is 0.250. The number of aliphatic hydroxyl groups excluding tert-OH is 1. The van der Waals surface area contributed by atoms with Crippen molar-refractivity contribution < 1.29 is 5.11 Å². The fourth-order valence-electron chi connectivity index (χ4n) is 0.557. The highest BCUT2D eigenvalue weighted by atomic mass is 35.5. The van der Waals surface area contributed by atoms with Gasteiger partial charge in [0.05, 0.1) is 11.5 Å². The van der Waals surface area contributed by atoms with Crippen molar-refractivity contribution in [3.8, 4) is 0 Å². The molecule has 1 nitrogen and oxygen atoms in total. The summed E-state index contributed by atoms with van der Waals surface area (Å²) in [5.74, 6) is 0.358. The molecule has 0 spiro atoms. The quantitative estimate of drug-likeness (QED) is 0.573. The lowest BCUT2D eigenvalue weighted by molar-refractivity contribution is 0.172. The van der Waals surface area contributed by atoms with E-state index in [-0.39, 0.29) is 5.38 Å². The van der Waals surface area contributed by atoms with E-state index >= 15 is 0 Å². The Labute approximate surface area is 55.7 Å². The molecule has 2 heteroatoms. The molecule has 0 radical (unpaired) electrons. The van der Waals surface area contributed by atoms with Crippen LogP contribution in [0.2, 0.25) is 0 Å². The fraction of sp³-hybridized carbons (Fsp3) is 1.00. The topological polar surface area (TPSA) is 20.2 Å². The fourth-order valence-corrected chi connectivity index (χ4v) is 0.557. The van der Waals surface area contributed by atoms with Crippen LogP contribution in [-0.2, 0) is 0 Å². The third kappa shape index (κ3) is 2.53. The molecule has 0 saturated carbocycles. The van der Waals surface area contributed by atoms with Crippen LogP contribution >= 0.6 is 11.6 Å². The van der Waals surface area contributed by atoms with E-state index in [1.165, 1.54) is 0 Å². The first-order chi connectivity index (χ1) is 3.55. The van der Waals surface area contributed by atoms with Gasteiger partial charge in [-0.3, -0.25) is 0 Å². The lowest BCUT2D eigenvalue weighted by Gasteiger charge is -2.15. The second-order valence-corrected chi connectivity index (χ2v) is 2.93. The molecule has 8 heavy (non-hydrogen) atoms. The minimum absolute atomic E-state index is 0.102. The number of hydrogen-bond donors (Lipinski definition) is 1. The summed E-state index contributed by atoms with van der Waals surface area (Å²) in [5, 5.41) is 8.76. The third-order valence-electron chi connectivity index (χ3n) is 1.10. The van der Waals surface area contributed by atoms with Crippen LogP contribution in [0.5, 0.6) is 0 Å². The SMILES string of the molecule is CC(C)C(Cl)C(C)O. The van der Waals surface area contributed by atoms with Crippen LogP contribution in [-0.4, -0.2) is 16.6 Å². The van der Waals surface area contributed by atoms with Gasteiger partial charge in [0.2, 0.25) is 0 Å². The molecule has 0 aromatic heterocycles. The van der Waals surface area contributed by atoms with Crippen molar-refractivity contribution in [1.82, 2.24) is 0 Å². The molecule has 2 unspecified atom stereocenters. The van der Waals surface area contributed by atoms with Gasteiger partial charge in [-0.1, -0.05) is 13.8 Å². The summed E-state index contributed by atoms with van der Waals surface area (Å²) in [6.45, 7) is 5.69. The highest BCUT2D eigenvalue weighted by molar-refractivity contribution is 6.21. The van der Waals surface area contributed by atoms with Gasteiger partial charge in [-0.2, -0.15) is 0 Å². The zero-order chi connectivity index (χ0) is 6.73. The van der Waals surface area contributed by atoms with Gasteiger partial charge >= 0.3 is 0 Å². The number of rotatable bonds is 2. The molecule has 0 aliphatic rings. The van der Waals surface area contributed by atoms with Crippen molar-refractivity contribution in [2.75, 3.05) is 0 Å². The van der Waals surface area contributed by atoms with Crippen LogP contribution < -0.4 is 0 Å². The van der Waals surface area contributed by atoms with Gasteiger partial charge in [0.1, 0.15) is 0 Å². The van der Waals surface area contributed by atoms with E-state index < -0.39 is 6.10 Å². The van der Waals surface area contributed by atoms with Gasteiger partial charge in [-0.05, 0) is 12.8 Å². The molecule has 0 bridgehead atoms. The Morgan fingerprint density at radius 3 is 1.62 bits per heavy atom. The molecular formula is C6H13ClO. The van der Waals surface area contributed by atoms with E-state index in [2.05, 4.69) is 0 Å². The summed E-state index contributed by atoms with van der Waals surface area (Å²) in [7, 11) is 0. The molecule has 2 atom stereocenters. The second kappa shape index (κ2) is 3.31.